The van der Waals surface area contributed by atoms with Crippen molar-refractivity contribution in [2.24, 2.45) is 17.3 Å². The number of halogens is 1. The van der Waals surface area contributed by atoms with Crippen molar-refractivity contribution in [1.82, 2.24) is 14.9 Å². The molecule has 0 amide bonds. The molecule has 2 aromatic rings. The summed E-state index contributed by atoms with van der Waals surface area (Å²) in [6, 6.07) is 6.33. The summed E-state index contributed by atoms with van der Waals surface area (Å²) in [6.07, 6.45) is 5.65. The van der Waals surface area contributed by atoms with E-state index < -0.39 is 17.0 Å². The number of aryl methyl sites for hydroxylation is 1. The minimum absolute atomic E-state index is 0.103. The summed E-state index contributed by atoms with van der Waals surface area (Å²) < 4.78 is 0. The zero-order chi connectivity index (χ0) is 28.1. The van der Waals surface area contributed by atoms with E-state index in [1.165, 1.54) is 12.8 Å². The van der Waals surface area contributed by atoms with Crippen LogP contribution >= 0.6 is 11.6 Å². The Kier molecular flexibility index (Phi) is 7.59. The van der Waals surface area contributed by atoms with Gasteiger partial charge in [0.05, 0.1) is 17.1 Å². The first kappa shape index (κ1) is 28.1. The highest BCUT2D eigenvalue weighted by atomic mass is 35.5. The molecule has 2 saturated heterocycles. The molecule has 3 fully saturated rings. The molecule has 0 bridgehead atoms. The predicted octanol–water partition coefficient (Wildman–Crippen LogP) is 5.24. The van der Waals surface area contributed by atoms with Gasteiger partial charge in [0, 0.05) is 42.5 Å². The zero-order valence-electron chi connectivity index (χ0n) is 23.7. The quantitative estimate of drug-likeness (QED) is 0.406. The van der Waals surface area contributed by atoms with Gasteiger partial charge in [-0.2, -0.15) is 4.98 Å². The molecule has 0 spiro atoms. The molecule has 212 valence electrons. The number of rotatable bonds is 8. The third kappa shape index (κ3) is 5.74. The van der Waals surface area contributed by atoms with Crippen LogP contribution < -0.4 is 10.2 Å². The number of carboxylic acid groups (broad SMARTS) is 1. The highest BCUT2D eigenvalue weighted by Crippen LogP contribution is 2.45. The molecule has 1 aliphatic carbocycles. The van der Waals surface area contributed by atoms with Crippen molar-refractivity contribution in [2.75, 3.05) is 36.4 Å². The third-order valence-electron chi connectivity index (χ3n) is 9.16. The van der Waals surface area contributed by atoms with E-state index in [1.807, 2.05) is 39.0 Å². The predicted molar refractivity (Wildman–Crippen MR) is 154 cm³/mol. The largest absolute Gasteiger partial charge is 0.481 e. The number of aliphatic hydroxyl groups is 1. The molecular weight excluding hydrogens is 514 g/mol. The highest BCUT2D eigenvalue weighted by molar-refractivity contribution is 6.31. The Bertz CT molecular complexity index is 1220. The maximum absolute atomic E-state index is 11.5. The van der Waals surface area contributed by atoms with E-state index in [0.717, 1.165) is 50.1 Å². The average molecular weight is 556 g/mol. The van der Waals surface area contributed by atoms with Crippen LogP contribution in [0.1, 0.15) is 76.1 Å². The summed E-state index contributed by atoms with van der Waals surface area (Å²) >= 11 is 6.53. The number of aliphatic carboxylic acids is 1. The first-order valence-corrected chi connectivity index (χ1v) is 14.6. The second-order valence-electron chi connectivity index (χ2n) is 12.9. The summed E-state index contributed by atoms with van der Waals surface area (Å²) in [7, 11) is 0. The molecule has 1 saturated carbocycles. The summed E-state index contributed by atoms with van der Waals surface area (Å²) in [4.78, 5) is 25.8. The van der Waals surface area contributed by atoms with Crippen molar-refractivity contribution in [2.45, 2.75) is 78.0 Å². The second-order valence-corrected chi connectivity index (χ2v) is 13.3. The van der Waals surface area contributed by atoms with E-state index >= 15 is 0 Å². The number of hydrogen-bond acceptors (Lipinski definition) is 7. The standard InChI is InChI=1S/C30H42ClN5O3/c1-18-8-9-23(25(31)11-18)19(2)33-26-24(29(3,4)39)14-32-28(34-26)36-16-21(17-36)20-7-6-10-35(15-20)22-12-30(5,13-22)27(37)38/h8-9,11,14,19-22,39H,6-7,10,12-13,15-17H2,1-5H3,(H,37,38)(H,32,33,34)/t19-,20+,22?,30?/m1/s1. The lowest BCUT2D eigenvalue weighted by molar-refractivity contribution is -0.158. The van der Waals surface area contributed by atoms with Crippen LogP contribution in [0.2, 0.25) is 5.02 Å². The molecule has 2 atom stereocenters. The normalized spacial score (nSPS) is 27.0. The number of aromatic nitrogens is 2. The van der Waals surface area contributed by atoms with E-state index in [9.17, 15) is 15.0 Å². The fourth-order valence-corrected chi connectivity index (χ4v) is 6.89. The minimum Gasteiger partial charge on any atom is -0.481 e. The maximum atomic E-state index is 11.5. The lowest BCUT2D eigenvalue weighted by Crippen LogP contribution is -2.58. The Hall–Kier alpha value is -2.42. The molecule has 0 radical (unpaired) electrons. The maximum Gasteiger partial charge on any atom is 0.309 e. The summed E-state index contributed by atoms with van der Waals surface area (Å²) in [5.74, 6) is 1.83. The summed E-state index contributed by atoms with van der Waals surface area (Å²) in [6.45, 7) is 13.4. The Morgan fingerprint density at radius 3 is 2.59 bits per heavy atom. The number of piperidine rings is 1. The van der Waals surface area contributed by atoms with Crippen molar-refractivity contribution in [3.05, 3.63) is 46.1 Å². The summed E-state index contributed by atoms with van der Waals surface area (Å²) in [5.41, 5.74) is 1.09. The fraction of sp³-hybridized carbons (Fsp3) is 0.633. The first-order chi connectivity index (χ1) is 18.3. The van der Waals surface area contributed by atoms with Gasteiger partial charge in [-0.15, -0.1) is 0 Å². The van der Waals surface area contributed by atoms with Crippen molar-refractivity contribution in [3.63, 3.8) is 0 Å². The molecule has 3 heterocycles. The number of hydrogen-bond donors (Lipinski definition) is 3. The summed E-state index contributed by atoms with van der Waals surface area (Å²) in [5, 5.41) is 24.5. The number of anilines is 2. The van der Waals surface area contributed by atoms with Crippen LogP contribution in [0.3, 0.4) is 0 Å². The first-order valence-electron chi connectivity index (χ1n) is 14.2. The number of likely N-dealkylation sites (tertiary alicyclic amines) is 1. The molecule has 1 aromatic carbocycles. The van der Waals surface area contributed by atoms with Gasteiger partial charge >= 0.3 is 5.97 Å². The molecule has 0 unspecified atom stereocenters. The minimum atomic E-state index is -1.10. The monoisotopic (exact) mass is 555 g/mol. The van der Waals surface area contributed by atoms with Crippen LogP contribution in [0.25, 0.3) is 0 Å². The topological polar surface area (TPSA) is 102 Å². The van der Waals surface area contributed by atoms with Gasteiger partial charge in [0.2, 0.25) is 5.95 Å². The van der Waals surface area contributed by atoms with Crippen molar-refractivity contribution in [1.29, 1.82) is 0 Å². The molecular formula is C30H42ClN5O3. The number of carboxylic acids is 1. The molecule has 8 nitrogen and oxygen atoms in total. The Morgan fingerprint density at radius 1 is 1.23 bits per heavy atom. The van der Waals surface area contributed by atoms with Crippen LogP contribution in [0, 0.1) is 24.2 Å². The molecule has 9 heteroatoms. The Morgan fingerprint density at radius 2 is 1.95 bits per heavy atom. The number of nitrogens with zero attached hydrogens (tertiary/aromatic N) is 4. The number of benzene rings is 1. The van der Waals surface area contributed by atoms with E-state index in [-0.39, 0.29) is 6.04 Å². The van der Waals surface area contributed by atoms with Crippen molar-refractivity contribution < 1.29 is 15.0 Å². The van der Waals surface area contributed by atoms with Crippen molar-refractivity contribution in [3.8, 4) is 0 Å². The van der Waals surface area contributed by atoms with E-state index in [2.05, 4.69) is 20.1 Å². The smallest absolute Gasteiger partial charge is 0.309 e. The zero-order valence-corrected chi connectivity index (χ0v) is 24.5. The van der Waals surface area contributed by atoms with Gasteiger partial charge in [-0.1, -0.05) is 23.7 Å². The SMILES string of the molecule is Cc1ccc([C@@H](C)Nc2nc(N3CC([C@H]4CCCN(C5CC(C)(C(=O)O)C5)C4)C3)ncc2C(C)(C)O)c(Cl)c1. The molecule has 3 aliphatic rings. The van der Waals surface area contributed by atoms with Crippen LogP contribution in [0.5, 0.6) is 0 Å². The molecule has 1 aromatic heterocycles. The lowest BCUT2D eigenvalue weighted by Gasteiger charge is -2.52. The van der Waals surface area contributed by atoms with Gasteiger partial charge in [-0.25, -0.2) is 4.98 Å². The molecule has 2 aliphatic heterocycles. The van der Waals surface area contributed by atoms with Crippen LogP contribution in [-0.2, 0) is 10.4 Å². The van der Waals surface area contributed by atoms with Gasteiger partial charge in [0.1, 0.15) is 5.82 Å². The highest BCUT2D eigenvalue weighted by Gasteiger charge is 2.49. The van der Waals surface area contributed by atoms with Gasteiger partial charge in [0.15, 0.2) is 0 Å². The Labute approximate surface area is 236 Å². The third-order valence-corrected chi connectivity index (χ3v) is 9.49. The van der Waals surface area contributed by atoms with Gasteiger partial charge in [-0.3, -0.25) is 4.79 Å². The van der Waals surface area contributed by atoms with Crippen LogP contribution in [0.15, 0.2) is 24.4 Å². The van der Waals surface area contributed by atoms with Gasteiger partial charge < -0.3 is 25.3 Å². The molecule has 5 rings (SSSR count). The van der Waals surface area contributed by atoms with E-state index in [4.69, 9.17) is 16.6 Å². The van der Waals surface area contributed by atoms with Crippen molar-refractivity contribution >= 4 is 29.3 Å². The Balaban J connectivity index is 1.24. The van der Waals surface area contributed by atoms with Crippen LogP contribution in [-0.4, -0.2) is 63.3 Å². The molecule has 3 N–H and O–H groups in total. The average Bonchev–Trinajstić information content (AvgIpc) is 2.80. The van der Waals surface area contributed by atoms with Gasteiger partial charge in [0.25, 0.3) is 0 Å². The number of nitrogens with one attached hydrogen (secondary N) is 1. The van der Waals surface area contributed by atoms with E-state index in [1.54, 1.807) is 20.0 Å². The fourth-order valence-electron chi connectivity index (χ4n) is 6.49. The second kappa shape index (κ2) is 10.5. The molecule has 39 heavy (non-hydrogen) atoms. The lowest BCUT2D eigenvalue weighted by atomic mass is 9.65. The van der Waals surface area contributed by atoms with Crippen LogP contribution in [0.4, 0.5) is 11.8 Å². The van der Waals surface area contributed by atoms with E-state index in [0.29, 0.717) is 40.2 Å². The van der Waals surface area contributed by atoms with Gasteiger partial charge in [-0.05, 0) is 95.9 Å². The number of carbonyl (C=O) groups is 1.